The van der Waals surface area contributed by atoms with E-state index in [1.165, 1.54) is 19.1 Å². The molecule has 5 unspecified atom stereocenters. The second-order valence-electron chi connectivity index (χ2n) is 7.55. The van der Waals surface area contributed by atoms with Crippen LogP contribution in [0.15, 0.2) is 12.2 Å². The zero-order valence-electron chi connectivity index (χ0n) is 20.3. The molecule has 0 saturated carbocycles. The van der Waals surface area contributed by atoms with Gasteiger partial charge in [0.15, 0.2) is 12.2 Å². The molecule has 1 aliphatic rings. The summed E-state index contributed by atoms with van der Waals surface area (Å²) in [4.78, 5) is 59.6. The van der Waals surface area contributed by atoms with Crippen molar-refractivity contribution in [1.82, 2.24) is 5.32 Å². The Morgan fingerprint density at radius 2 is 1.68 bits per heavy atom. The van der Waals surface area contributed by atoms with Crippen LogP contribution in [0.25, 0.3) is 0 Å². The van der Waals surface area contributed by atoms with Crippen molar-refractivity contribution in [2.75, 3.05) is 20.3 Å². The topological polar surface area (TPSA) is 153 Å². The quantitative estimate of drug-likeness (QED) is 0.178. The summed E-state index contributed by atoms with van der Waals surface area (Å²) in [5.74, 6) is -5.57. The minimum Gasteiger partial charge on any atom is -0.465 e. The summed E-state index contributed by atoms with van der Waals surface area (Å²) < 4.78 is 32.3. The van der Waals surface area contributed by atoms with Crippen molar-refractivity contribution in [1.29, 1.82) is 0 Å². The van der Waals surface area contributed by atoms with Crippen LogP contribution in [0, 0.1) is 0 Å². The number of hydrogen-bond acceptors (Lipinski definition) is 11. The molecule has 1 heterocycles. The van der Waals surface area contributed by atoms with Crippen LogP contribution in [0.5, 0.6) is 0 Å². The zero-order valence-corrected chi connectivity index (χ0v) is 20.3. The third-order valence-corrected chi connectivity index (χ3v) is 4.60. The van der Waals surface area contributed by atoms with E-state index in [4.69, 9.17) is 28.4 Å². The van der Waals surface area contributed by atoms with Gasteiger partial charge >= 0.3 is 23.9 Å². The first-order chi connectivity index (χ1) is 16.0. The van der Waals surface area contributed by atoms with E-state index in [1.807, 2.05) is 6.92 Å². The average Bonchev–Trinajstić information content (AvgIpc) is 2.75. The van der Waals surface area contributed by atoms with Crippen LogP contribution in [0.1, 0.15) is 47.5 Å². The Balaban J connectivity index is 3.52. The van der Waals surface area contributed by atoms with Crippen LogP contribution in [0.4, 0.5) is 0 Å². The van der Waals surface area contributed by atoms with Gasteiger partial charge in [-0.25, -0.2) is 4.79 Å². The number of ether oxygens (including phenoxy) is 6. The van der Waals surface area contributed by atoms with Crippen LogP contribution in [0.3, 0.4) is 0 Å². The first-order valence-electron chi connectivity index (χ1n) is 10.8. The molecule has 0 spiro atoms. The smallest absolute Gasteiger partial charge is 0.371 e. The molecule has 0 fully saturated rings. The molecule has 12 nitrogen and oxygen atoms in total. The number of methoxy groups -OCH3 is 1. The molecule has 0 bridgehead atoms. The fraction of sp³-hybridized carbons (Fsp3) is 0.682. The number of unbranched alkanes of at least 4 members (excludes halogenated alkanes) is 1. The van der Waals surface area contributed by atoms with Gasteiger partial charge in [-0.2, -0.15) is 0 Å². The predicted octanol–water partition coefficient (Wildman–Crippen LogP) is 0.559. The maximum absolute atomic E-state index is 12.7. The van der Waals surface area contributed by atoms with Crippen molar-refractivity contribution >= 4 is 29.8 Å². The Labute approximate surface area is 198 Å². The van der Waals surface area contributed by atoms with Gasteiger partial charge in [0, 0.05) is 27.7 Å². The van der Waals surface area contributed by atoms with Crippen LogP contribution < -0.4 is 5.32 Å². The maximum Gasteiger partial charge on any atom is 0.371 e. The van der Waals surface area contributed by atoms with Crippen molar-refractivity contribution < 1.29 is 52.4 Å². The van der Waals surface area contributed by atoms with Crippen LogP contribution in [-0.4, -0.2) is 80.2 Å². The van der Waals surface area contributed by atoms with E-state index < -0.39 is 66.5 Å². The van der Waals surface area contributed by atoms with Crippen LogP contribution >= 0.6 is 0 Å². The molecule has 12 heteroatoms. The monoisotopic (exact) mass is 487 g/mol. The van der Waals surface area contributed by atoms with Gasteiger partial charge in [-0.05, 0) is 12.5 Å². The van der Waals surface area contributed by atoms with Gasteiger partial charge in [0.2, 0.25) is 5.91 Å². The van der Waals surface area contributed by atoms with Crippen molar-refractivity contribution in [2.24, 2.45) is 0 Å². The Morgan fingerprint density at radius 3 is 2.18 bits per heavy atom. The number of nitrogens with one attached hydrogen (secondary N) is 1. The van der Waals surface area contributed by atoms with Gasteiger partial charge in [0.25, 0.3) is 5.79 Å². The van der Waals surface area contributed by atoms with Gasteiger partial charge in [-0.3, -0.25) is 19.2 Å². The number of hydrogen-bond donors (Lipinski definition) is 1. The molecular weight excluding hydrogens is 454 g/mol. The molecule has 1 N–H and O–H groups in total. The molecule has 0 radical (unpaired) electrons. The highest BCUT2D eigenvalue weighted by atomic mass is 16.7. The number of amides is 1. The molecule has 0 saturated heterocycles. The first-order valence-corrected chi connectivity index (χ1v) is 10.8. The van der Waals surface area contributed by atoms with Gasteiger partial charge < -0.3 is 33.7 Å². The predicted molar refractivity (Wildman–Crippen MR) is 115 cm³/mol. The highest BCUT2D eigenvalue weighted by Gasteiger charge is 2.52. The summed E-state index contributed by atoms with van der Waals surface area (Å²) in [6.45, 7) is 6.21. The SMILES string of the molecule is CCCCOC1(C(=O)OC)C=CC(NC(C)=O)C(C(OC(C)=O)C(COC(C)=O)OC(C)=O)O1. The number of carbonyl (C=O) groups is 5. The lowest BCUT2D eigenvalue weighted by molar-refractivity contribution is -0.266. The molecule has 0 aliphatic carbocycles. The minimum atomic E-state index is -2.02. The lowest BCUT2D eigenvalue weighted by atomic mass is 9.95. The molecule has 0 aromatic carbocycles. The van der Waals surface area contributed by atoms with Gasteiger partial charge in [-0.1, -0.05) is 19.4 Å². The molecular formula is C22H33NO11. The minimum absolute atomic E-state index is 0.131. The fourth-order valence-electron chi connectivity index (χ4n) is 3.21. The Bertz CT molecular complexity index is 781. The van der Waals surface area contributed by atoms with Crippen molar-refractivity contribution in [2.45, 2.75) is 77.6 Å². The third-order valence-electron chi connectivity index (χ3n) is 4.60. The number of carbonyl (C=O) groups excluding carboxylic acids is 5. The second-order valence-corrected chi connectivity index (χ2v) is 7.55. The van der Waals surface area contributed by atoms with Gasteiger partial charge in [0.1, 0.15) is 12.7 Å². The first kappa shape index (κ1) is 29.0. The molecule has 1 aliphatic heterocycles. The lowest BCUT2D eigenvalue weighted by Crippen LogP contribution is -2.62. The van der Waals surface area contributed by atoms with E-state index in [0.717, 1.165) is 34.3 Å². The van der Waals surface area contributed by atoms with Crippen LogP contribution in [0.2, 0.25) is 0 Å². The van der Waals surface area contributed by atoms with E-state index in [9.17, 15) is 24.0 Å². The number of esters is 4. The molecule has 192 valence electrons. The molecule has 1 amide bonds. The normalized spacial score (nSPS) is 23.2. The summed E-state index contributed by atoms with van der Waals surface area (Å²) >= 11 is 0. The summed E-state index contributed by atoms with van der Waals surface area (Å²) in [6, 6.07) is -0.940. The maximum atomic E-state index is 12.7. The zero-order chi connectivity index (χ0) is 25.9. The lowest BCUT2D eigenvalue weighted by Gasteiger charge is -2.42. The van der Waals surface area contributed by atoms with E-state index >= 15 is 0 Å². The van der Waals surface area contributed by atoms with E-state index in [-0.39, 0.29) is 6.61 Å². The standard InChI is InChI=1S/C22H33NO11/c1-7-8-11-31-22(21(28)29-6)10-9-17(23-13(2)24)19(34-22)20(33-16(5)27)18(32-15(4)26)12-30-14(3)25/h9-10,17-20H,7-8,11-12H2,1-6H3,(H,23,24). The summed E-state index contributed by atoms with van der Waals surface area (Å²) in [5.41, 5.74) is 0. The Morgan fingerprint density at radius 1 is 1.03 bits per heavy atom. The second kappa shape index (κ2) is 13.7. The third kappa shape index (κ3) is 8.75. The average molecular weight is 488 g/mol. The van der Waals surface area contributed by atoms with E-state index in [1.54, 1.807) is 0 Å². The molecule has 5 atom stereocenters. The molecule has 0 aromatic heterocycles. The number of rotatable bonds is 12. The summed E-state index contributed by atoms with van der Waals surface area (Å²) in [5, 5.41) is 2.62. The largest absolute Gasteiger partial charge is 0.465 e. The van der Waals surface area contributed by atoms with Crippen molar-refractivity contribution in [3.8, 4) is 0 Å². The Kier molecular flexibility index (Phi) is 11.7. The van der Waals surface area contributed by atoms with Crippen LogP contribution in [-0.2, 0) is 52.4 Å². The summed E-state index contributed by atoms with van der Waals surface area (Å²) in [6.07, 6.45) is 0.0516. The fourth-order valence-corrected chi connectivity index (χ4v) is 3.21. The molecule has 1 rings (SSSR count). The highest BCUT2D eigenvalue weighted by Crippen LogP contribution is 2.31. The summed E-state index contributed by atoms with van der Waals surface area (Å²) in [7, 11) is 1.14. The van der Waals surface area contributed by atoms with E-state index in [0.29, 0.717) is 6.42 Å². The highest BCUT2D eigenvalue weighted by molar-refractivity contribution is 5.81. The van der Waals surface area contributed by atoms with Crippen molar-refractivity contribution in [3.05, 3.63) is 12.2 Å². The van der Waals surface area contributed by atoms with E-state index in [2.05, 4.69) is 5.32 Å². The molecule has 0 aromatic rings. The van der Waals surface area contributed by atoms with Crippen molar-refractivity contribution in [3.63, 3.8) is 0 Å². The molecule has 34 heavy (non-hydrogen) atoms. The Hall–Kier alpha value is -2.99. The van der Waals surface area contributed by atoms with Gasteiger partial charge in [-0.15, -0.1) is 0 Å². The van der Waals surface area contributed by atoms with Gasteiger partial charge in [0.05, 0.1) is 19.8 Å².